The van der Waals surface area contributed by atoms with E-state index in [2.05, 4.69) is 14.6 Å². The van der Waals surface area contributed by atoms with Crippen molar-refractivity contribution in [2.24, 2.45) is 4.99 Å². The second kappa shape index (κ2) is 6.25. The van der Waals surface area contributed by atoms with Crippen molar-refractivity contribution in [1.82, 2.24) is 9.47 Å². The maximum atomic E-state index is 12.3. The minimum absolute atomic E-state index is 0.202. The molecule has 0 fully saturated rings. The Kier molecular flexibility index (Phi) is 4.17. The number of nitrogens with zero attached hydrogens (tertiary/aromatic N) is 3. The quantitative estimate of drug-likeness (QED) is 0.743. The molecule has 0 saturated carbocycles. The highest BCUT2D eigenvalue weighted by Crippen LogP contribution is 2.06. The first-order valence-corrected chi connectivity index (χ1v) is 7.59. The van der Waals surface area contributed by atoms with Crippen molar-refractivity contribution < 1.29 is 9.53 Å². The maximum absolute atomic E-state index is 12.3. The van der Waals surface area contributed by atoms with Gasteiger partial charge in [0.1, 0.15) is 4.53 Å². The molecule has 2 heterocycles. The van der Waals surface area contributed by atoms with E-state index in [0.29, 0.717) is 22.7 Å². The highest BCUT2D eigenvalue weighted by molar-refractivity contribution is 7.07. The third-order valence-electron chi connectivity index (χ3n) is 3.33. The van der Waals surface area contributed by atoms with Crippen LogP contribution in [0.5, 0.6) is 0 Å². The van der Waals surface area contributed by atoms with E-state index >= 15 is 0 Å². The lowest BCUT2D eigenvalue weighted by atomic mass is 10.2. The number of aromatic nitrogens is 1. The van der Waals surface area contributed by atoms with Crippen LogP contribution in [0.4, 0.5) is 0 Å². The molecule has 0 radical (unpaired) electrons. The first kappa shape index (κ1) is 14.7. The molecular formula is C15H15N3O3S. The molecule has 0 amide bonds. The van der Waals surface area contributed by atoms with Crippen LogP contribution in [0.25, 0.3) is 6.08 Å². The fourth-order valence-electron chi connectivity index (χ4n) is 2.26. The van der Waals surface area contributed by atoms with Crippen LogP contribution in [0.1, 0.15) is 5.56 Å². The van der Waals surface area contributed by atoms with Crippen molar-refractivity contribution in [2.75, 3.05) is 13.8 Å². The number of carbonyl (C=O) groups is 1. The molecule has 0 aliphatic carbocycles. The van der Waals surface area contributed by atoms with Crippen LogP contribution < -0.4 is 14.9 Å². The van der Waals surface area contributed by atoms with Crippen LogP contribution in [0.2, 0.25) is 0 Å². The molecule has 3 rings (SSSR count). The molecule has 0 unspecified atom stereocenters. The fourth-order valence-corrected chi connectivity index (χ4v) is 3.19. The molecule has 0 bridgehead atoms. The van der Waals surface area contributed by atoms with Gasteiger partial charge >= 0.3 is 5.97 Å². The molecular weight excluding hydrogens is 302 g/mol. The standard InChI is InChI=1S/C15H15N3O3S/c1-21-13(19)7-12-14(20)18-10-17(9-16-15(18)22-12)8-11-5-3-2-4-6-11/h2-7H,8-10H2,1H3/b12-7-. The fraction of sp³-hybridized carbons (Fsp3) is 0.267. The first-order valence-electron chi connectivity index (χ1n) is 6.77. The first-order chi connectivity index (χ1) is 10.7. The number of methoxy groups -OCH3 is 1. The lowest BCUT2D eigenvalue weighted by Crippen LogP contribution is -2.42. The van der Waals surface area contributed by atoms with Crippen molar-refractivity contribution in [3.8, 4) is 0 Å². The van der Waals surface area contributed by atoms with Gasteiger partial charge in [-0.2, -0.15) is 0 Å². The maximum Gasteiger partial charge on any atom is 0.332 e. The average molecular weight is 317 g/mol. The minimum atomic E-state index is -0.530. The lowest BCUT2D eigenvalue weighted by molar-refractivity contribution is -0.133. The Bertz CT molecular complexity index is 854. The molecule has 1 aromatic carbocycles. The highest BCUT2D eigenvalue weighted by atomic mass is 32.1. The highest BCUT2D eigenvalue weighted by Gasteiger charge is 2.16. The smallest absolute Gasteiger partial charge is 0.332 e. The van der Waals surface area contributed by atoms with Crippen LogP contribution >= 0.6 is 11.3 Å². The summed E-state index contributed by atoms with van der Waals surface area (Å²) < 4.78 is 6.51. The third kappa shape index (κ3) is 3.00. The summed E-state index contributed by atoms with van der Waals surface area (Å²) in [6, 6.07) is 10.0. The van der Waals surface area contributed by atoms with E-state index in [1.165, 1.54) is 30.1 Å². The normalized spacial score (nSPS) is 15.2. The van der Waals surface area contributed by atoms with E-state index in [0.717, 1.165) is 6.54 Å². The number of carbonyl (C=O) groups excluding carboxylic acids is 1. The van der Waals surface area contributed by atoms with Gasteiger partial charge in [-0.05, 0) is 5.56 Å². The van der Waals surface area contributed by atoms with Crippen molar-refractivity contribution in [3.63, 3.8) is 0 Å². The van der Waals surface area contributed by atoms with E-state index < -0.39 is 5.97 Å². The predicted octanol–water partition coefficient (Wildman–Crippen LogP) is -0.0863. The number of ether oxygens (including phenoxy) is 1. The summed E-state index contributed by atoms with van der Waals surface area (Å²) in [5.41, 5.74) is 0.970. The number of rotatable bonds is 3. The summed E-state index contributed by atoms with van der Waals surface area (Å²) in [6.07, 6.45) is 1.22. The molecule has 6 nitrogen and oxygen atoms in total. The van der Waals surface area contributed by atoms with E-state index in [1.807, 2.05) is 30.3 Å². The molecule has 0 saturated heterocycles. The zero-order chi connectivity index (χ0) is 15.5. The Morgan fingerprint density at radius 2 is 2.18 bits per heavy atom. The summed E-state index contributed by atoms with van der Waals surface area (Å²) in [7, 11) is 1.29. The molecule has 0 atom stereocenters. The Balaban J connectivity index is 1.86. The molecule has 7 heteroatoms. The average Bonchev–Trinajstić information content (AvgIpc) is 2.84. The number of fused-ring (bicyclic) bond motifs is 1. The number of hydrogen-bond acceptors (Lipinski definition) is 6. The van der Waals surface area contributed by atoms with Crippen LogP contribution in [0.15, 0.2) is 40.1 Å². The second-order valence-corrected chi connectivity index (χ2v) is 5.91. The van der Waals surface area contributed by atoms with Gasteiger partial charge in [0.25, 0.3) is 5.56 Å². The molecule has 114 valence electrons. The zero-order valence-corrected chi connectivity index (χ0v) is 12.9. The third-order valence-corrected chi connectivity index (χ3v) is 4.38. The molecule has 1 aromatic heterocycles. The van der Waals surface area contributed by atoms with Gasteiger partial charge in [0, 0.05) is 12.6 Å². The Morgan fingerprint density at radius 1 is 1.41 bits per heavy atom. The van der Waals surface area contributed by atoms with Gasteiger partial charge in [-0.1, -0.05) is 41.7 Å². The van der Waals surface area contributed by atoms with Crippen molar-refractivity contribution in [1.29, 1.82) is 0 Å². The van der Waals surface area contributed by atoms with Gasteiger partial charge in [-0.25, -0.2) is 9.79 Å². The topological polar surface area (TPSA) is 63.9 Å². The SMILES string of the molecule is COC(=O)/C=c1\sc2n(c1=O)CN(Cc1ccccc1)CN=2. The van der Waals surface area contributed by atoms with Crippen LogP contribution in [-0.4, -0.2) is 29.2 Å². The van der Waals surface area contributed by atoms with Crippen LogP contribution in [-0.2, 0) is 22.7 Å². The number of benzene rings is 1. The molecule has 22 heavy (non-hydrogen) atoms. The monoisotopic (exact) mass is 317 g/mol. The Morgan fingerprint density at radius 3 is 2.91 bits per heavy atom. The van der Waals surface area contributed by atoms with Gasteiger partial charge in [-0.3, -0.25) is 14.3 Å². The van der Waals surface area contributed by atoms with Crippen molar-refractivity contribution in [3.05, 3.63) is 55.6 Å². The number of thiazole rings is 1. The van der Waals surface area contributed by atoms with Gasteiger partial charge in [0.05, 0.1) is 20.4 Å². The molecule has 1 aliphatic rings. The van der Waals surface area contributed by atoms with Gasteiger partial charge in [0.15, 0.2) is 4.80 Å². The summed E-state index contributed by atoms with van der Waals surface area (Å²) in [4.78, 5) is 30.7. The second-order valence-electron chi connectivity index (χ2n) is 4.91. The van der Waals surface area contributed by atoms with Gasteiger partial charge < -0.3 is 4.74 Å². The Hall–Kier alpha value is -2.25. The van der Waals surface area contributed by atoms with Gasteiger partial charge in [-0.15, -0.1) is 0 Å². The lowest BCUT2D eigenvalue weighted by Gasteiger charge is -2.23. The molecule has 1 aliphatic heterocycles. The van der Waals surface area contributed by atoms with Crippen molar-refractivity contribution in [2.45, 2.75) is 13.2 Å². The summed E-state index contributed by atoms with van der Waals surface area (Å²) in [6.45, 7) is 1.73. The Labute approximate surface area is 130 Å². The molecule has 0 N–H and O–H groups in total. The minimum Gasteiger partial charge on any atom is -0.466 e. The predicted molar refractivity (Wildman–Crippen MR) is 82.7 cm³/mol. The number of esters is 1. The van der Waals surface area contributed by atoms with E-state index in [9.17, 15) is 9.59 Å². The zero-order valence-electron chi connectivity index (χ0n) is 12.1. The van der Waals surface area contributed by atoms with Crippen LogP contribution in [0, 0.1) is 0 Å². The summed E-state index contributed by atoms with van der Waals surface area (Å²) in [5, 5.41) is 0. The van der Waals surface area contributed by atoms with E-state index in [1.54, 1.807) is 4.57 Å². The van der Waals surface area contributed by atoms with Gasteiger partial charge in [0.2, 0.25) is 0 Å². The summed E-state index contributed by atoms with van der Waals surface area (Å²) >= 11 is 1.21. The van der Waals surface area contributed by atoms with E-state index in [4.69, 9.17) is 0 Å². The molecule has 0 spiro atoms. The van der Waals surface area contributed by atoms with E-state index in [-0.39, 0.29) is 5.56 Å². The van der Waals surface area contributed by atoms with Crippen LogP contribution in [0.3, 0.4) is 0 Å². The summed E-state index contributed by atoms with van der Waals surface area (Å²) in [5.74, 6) is -0.530. The number of hydrogen-bond donors (Lipinski definition) is 0. The van der Waals surface area contributed by atoms with Crippen molar-refractivity contribution >= 4 is 23.4 Å². The largest absolute Gasteiger partial charge is 0.466 e. The molecule has 2 aromatic rings.